The summed E-state index contributed by atoms with van der Waals surface area (Å²) in [7, 11) is -1.84. The van der Waals surface area contributed by atoms with Crippen molar-refractivity contribution in [3.05, 3.63) is 29.8 Å². The monoisotopic (exact) mass is 369 g/mol. The molecule has 25 heavy (non-hydrogen) atoms. The normalized spacial score (nSPS) is 26.4. The third-order valence-corrected chi connectivity index (χ3v) is 9.50. The number of hydrogen-bond acceptors (Lipinski definition) is 4. The highest BCUT2D eigenvalue weighted by Crippen LogP contribution is 2.63. The number of para-hydroxylation sites is 1. The minimum absolute atomic E-state index is 0.0884. The Morgan fingerprint density at radius 1 is 1.16 bits per heavy atom. The molecule has 5 heteroatoms. The lowest BCUT2D eigenvalue weighted by atomic mass is 9.86. The first-order valence-electron chi connectivity index (χ1n) is 9.47. The van der Waals surface area contributed by atoms with Crippen molar-refractivity contribution in [3.63, 3.8) is 0 Å². The van der Waals surface area contributed by atoms with Gasteiger partial charge in [0.25, 0.3) is 0 Å². The Morgan fingerprint density at radius 3 is 2.40 bits per heavy atom. The van der Waals surface area contributed by atoms with Gasteiger partial charge in [-0.25, -0.2) is 0 Å². The number of aliphatic hydroxyl groups excluding tert-OH is 1. The zero-order chi connectivity index (χ0) is 18.7. The molecule has 0 aromatic heterocycles. The van der Waals surface area contributed by atoms with Crippen LogP contribution in [0, 0.1) is 5.92 Å². The largest absolute Gasteiger partial charge is 0.388 e. The molecule has 2 N–H and O–H groups in total. The predicted molar refractivity (Wildman–Crippen MR) is 111 cm³/mol. The second kappa shape index (κ2) is 7.78. The molecule has 0 bridgehead atoms. The van der Waals surface area contributed by atoms with Gasteiger partial charge in [0.05, 0.1) is 18.9 Å². The molecule has 2 unspecified atom stereocenters. The van der Waals surface area contributed by atoms with E-state index in [2.05, 4.69) is 13.8 Å². The summed E-state index contributed by atoms with van der Waals surface area (Å²) in [4.78, 5) is 0.987. The Bertz CT molecular complexity index is 665. The molecular formula is C20H35NO3S. The molecule has 144 valence electrons. The van der Waals surface area contributed by atoms with Crippen LogP contribution in [0.2, 0.25) is 0 Å². The zero-order valence-electron chi connectivity index (χ0n) is 16.4. The average Bonchev–Trinajstić information content (AvgIpc) is 2.66. The third kappa shape index (κ3) is 3.39. The van der Waals surface area contributed by atoms with Crippen molar-refractivity contribution >= 4 is 20.0 Å². The lowest BCUT2D eigenvalue weighted by Gasteiger charge is -2.57. The smallest absolute Gasteiger partial charge is 0.0888 e. The molecule has 0 radical (unpaired) electrons. The van der Waals surface area contributed by atoms with E-state index in [1.165, 1.54) is 0 Å². The van der Waals surface area contributed by atoms with Gasteiger partial charge in [-0.1, -0.05) is 51.3 Å². The van der Waals surface area contributed by atoms with Crippen molar-refractivity contribution in [3.8, 4) is 0 Å². The maximum atomic E-state index is 12.1. The summed E-state index contributed by atoms with van der Waals surface area (Å²) < 4.78 is 20.1. The molecule has 1 aromatic carbocycles. The molecule has 2 rings (SSSR count). The van der Waals surface area contributed by atoms with E-state index < -0.39 is 15.6 Å². The molecular weight excluding hydrogens is 334 g/mol. The van der Waals surface area contributed by atoms with Crippen LogP contribution in [-0.4, -0.2) is 34.4 Å². The van der Waals surface area contributed by atoms with E-state index in [-0.39, 0.29) is 5.92 Å². The van der Waals surface area contributed by atoms with Crippen molar-refractivity contribution in [2.45, 2.75) is 59.0 Å². The molecule has 0 fully saturated rings. The number of benzene rings is 1. The van der Waals surface area contributed by atoms with Crippen molar-refractivity contribution < 1.29 is 13.8 Å². The highest BCUT2D eigenvalue weighted by atomic mass is 32.3. The molecule has 1 aliphatic rings. The van der Waals surface area contributed by atoms with Crippen LogP contribution in [0.1, 0.15) is 64.5 Å². The first kappa shape index (κ1) is 20.4. The number of aliphatic hydroxyl groups is 1. The van der Waals surface area contributed by atoms with Gasteiger partial charge >= 0.3 is 0 Å². The van der Waals surface area contributed by atoms with Crippen LogP contribution in [0.4, 0.5) is 5.69 Å². The summed E-state index contributed by atoms with van der Waals surface area (Å²) in [6.07, 6.45) is 5.88. The van der Waals surface area contributed by atoms with Crippen molar-refractivity contribution in [1.29, 1.82) is 0 Å². The van der Waals surface area contributed by atoms with E-state index in [0.717, 1.165) is 48.2 Å². The minimum atomic E-state index is -3.45. The summed E-state index contributed by atoms with van der Waals surface area (Å²) in [5.74, 6) is -0.0884. The number of rotatable bonds is 7. The number of nitrogens with zero attached hydrogens (tertiary/aromatic N) is 1. The molecule has 0 saturated carbocycles. The molecule has 0 amide bonds. The van der Waals surface area contributed by atoms with Crippen molar-refractivity contribution in [2.24, 2.45) is 5.92 Å². The van der Waals surface area contributed by atoms with Gasteiger partial charge in [-0.15, -0.1) is 0 Å². The SMILES string of the molecule is CCCCC1C(CCC)=S(C)(O)(OC)N(CC)c2ccccc2C1O. The van der Waals surface area contributed by atoms with E-state index in [0.29, 0.717) is 6.54 Å². The minimum Gasteiger partial charge on any atom is -0.388 e. The van der Waals surface area contributed by atoms with Crippen LogP contribution in [0.15, 0.2) is 24.3 Å². The quantitative estimate of drug-likeness (QED) is 0.644. The molecule has 2 atom stereocenters. The first-order valence-corrected chi connectivity index (χ1v) is 11.8. The molecule has 1 heterocycles. The highest BCUT2D eigenvalue weighted by molar-refractivity contribution is 8.40. The summed E-state index contributed by atoms with van der Waals surface area (Å²) in [5.41, 5.74) is 1.78. The Labute approximate surface area is 153 Å². The molecule has 4 nitrogen and oxygen atoms in total. The van der Waals surface area contributed by atoms with Gasteiger partial charge in [-0.2, -0.15) is 9.50 Å². The summed E-state index contributed by atoms with van der Waals surface area (Å²) in [6, 6.07) is 7.90. The standard InChI is InChI=1S/C20H35NO3S/c1-6-9-13-17-19(12-7-2)25(5,23,24-4)21(8-3)18-15-11-10-14-16(18)20(17)22/h10-11,14-15,17,20,22-23H,6-9,12-13H2,1-5H3. The summed E-state index contributed by atoms with van der Waals surface area (Å²) in [5, 5.41) is 11.3. The van der Waals surface area contributed by atoms with Crippen molar-refractivity contribution in [2.75, 3.05) is 24.2 Å². The van der Waals surface area contributed by atoms with Gasteiger partial charge in [0.1, 0.15) is 0 Å². The predicted octanol–water partition coefficient (Wildman–Crippen LogP) is 5.26. The van der Waals surface area contributed by atoms with Crippen molar-refractivity contribution in [1.82, 2.24) is 0 Å². The molecule has 1 aromatic rings. The number of hydrogen-bond donors (Lipinski definition) is 2. The van der Waals surface area contributed by atoms with Gasteiger partial charge in [0, 0.05) is 29.1 Å². The number of unbranched alkanes of at least 4 members (excludes halogenated alkanes) is 1. The maximum absolute atomic E-state index is 12.1. The van der Waals surface area contributed by atoms with Crippen LogP contribution in [-0.2, 0) is 4.18 Å². The second-order valence-corrected chi connectivity index (χ2v) is 10.8. The van der Waals surface area contributed by atoms with Gasteiger partial charge in [0.15, 0.2) is 0 Å². The van der Waals surface area contributed by atoms with E-state index >= 15 is 0 Å². The Balaban J connectivity index is 2.85. The third-order valence-electron chi connectivity index (χ3n) is 5.49. The Morgan fingerprint density at radius 2 is 1.84 bits per heavy atom. The second-order valence-electron chi connectivity index (χ2n) is 7.06. The topological polar surface area (TPSA) is 52.9 Å². The van der Waals surface area contributed by atoms with Gasteiger partial charge in [-0.05, 0) is 25.8 Å². The summed E-state index contributed by atoms with van der Waals surface area (Å²) >= 11 is 0. The van der Waals surface area contributed by atoms with E-state index in [1.54, 1.807) is 7.11 Å². The van der Waals surface area contributed by atoms with E-state index in [1.807, 2.05) is 41.8 Å². The highest BCUT2D eigenvalue weighted by Gasteiger charge is 2.41. The fraction of sp³-hybridized carbons (Fsp3) is 0.650. The summed E-state index contributed by atoms with van der Waals surface area (Å²) in [6.45, 7) is 6.94. The Kier molecular flexibility index (Phi) is 6.36. The van der Waals surface area contributed by atoms with Gasteiger partial charge in [0.2, 0.25) is 0 Å². The first-order chi connectivity index (χ1) is 11.8. The molecule has 0 aliphatic carbocycles. The van der Waals surface area contributed by atoms with Crippen LogP contribution < -0.4 is 4.31 Å². The number of anilines is 1. The number of fused-ring (bicyclic) bond motifs is 1. The van der Waals surface area contributed by atoms with E-state index in [9.17, 15) is 9.66 Å². The van der Waals surface area contributed by atoms with Gasteiger partial charge < -0.3 is 5.11 Å². The lowest BCUT2D eigenvalue weighted by Crippen LogP contribution is -2.38. The molecule has 0 spiro atoms. The van der Waals surface area contributed by atoms with Gasteiger partial charge in [-0.3, -0.25) is 13.0 Å². The van der Waals surface area contributed by atoms with Crippen LogP contribution >= 0.6 is 9.50 Å². The van der Waals surface area contributed by atoms with Crippen LogP contribution in [0.5, 0.6) is 0 Å². The fourth-order valence-electron chi connectivity index (χ4n) is 4.16. The van der Waals surface area contributed by atoms with Crippen LogP contribution in [0.3, 0.4) is 0 Å². The zero-order valence-corrected chi connectivity index (χ0v) is 17.2. The fourth-order valence-corrected chi connectivity index (χ4v) is 7.69. The van der Waals surface area contributed by atoms with Crippen LogP contribution in [0.25, 0.3) is 0 Å². The molecule has 0 saturated heterocycles. The lowest BCUT2D eigenvalue weighted by molar-refractivity contribution is 0.135. The average molecular weight is 370 g/mol. The molecule has 1 aliphatic heterocycles. The Hall–Kier alpha value is -0.880. The maximum Gasteiger partial charge on any atom is 0.0888 e. The van der Waals surface area contributed by atoms with E-state index in [4.69, 9.17) is 4.18 Å².